The molecule has 1 aliphatic rings. The molecule has 17 heavy (non-hydrogen) atoms. The van der Waals surface area contributed by atoms with E-state index in [9.17, 15) is 4.79 Å². The Morgan fingerprint density at radius 1 is 1.53 bits per heavy atom. The zero-order valence-electron chi connectivity index (χ0n) is 11.2. The Hall–Kier alpha value is -0.610. The van der Waals surface area contributed by atoms with E-state index in [4.69, 9.17) is 5.73 Å². The Morgan fingerprint density at radius 2 is 2.29 bits per heavy atom. The van der Waals surface area contributed by atoms with Gasteiger partial charge >= 0.3 is 0 Å². The lowest BCUT2D eigenvalue weighted by Gasteiger charge is -2.31. The van der Waals surface area contributed by atoms with Crippen molar-refractivity contribution in [3.63, 3.8) is 0 Å². The van der Waals surface area contributed by atoms with Crippen LogP contribution < -0.4 is 11.1 Å². The number of primary amides is 1. The van der Waals surface area contributed by atoms with Crippen molar-refractivity contribution in [3.8, 4) is 0 Å². The van der Waals surface area contributed by atoms with Crippen LogP contribution in [0.2, 0.25) is 0 Å². The first-order valence-corrected chi connectivity index (χ1v) is 6.95. The predicted molar refractivity (Wildman–Crippen MR) is 70.8 cm³/mol. The molecule has 1 aliphatic heterocycles. The zero-order valence-corrected chi connectivity index (χ0v) is 11.2. The molecule has 0 aromatic carbocycles. The summed E-state index contributed by atoms with van der Waals surface area (Å²) in [5.74, 6) is -0.179. The highest BCUT2D eigenvalue weighted by Gasteiger charge is 2.25. The summed E-state index contributed by atoms with van der Waals surface area (Å²) in [7, 11) is 0. The molecule has 1 amide bonds. The van der Waals surface area contributed by atoms with Crippen molar-refractivity contribution in [2.75, 3.05) is 19.6 Å². The molecule has 0 aromatic rings. The molecule has 4 nitrogen and oxygen atoms in total. The van der Waals surface area contributed by atoms with Crippen LogP contribution in [0.3, 0.4) is 0 Å². The van der Waals surface area contributed by atoms with Crippen LogP contribution in [0.25, 0.3) is 0 Å². The number of nitrogens with zero attached hydrogens (tertiary/aromatic N) is 1. The highest BCUT2D eigenvalue weighted by Crippen LogP contribution is 2.12. The summed E-state index contributed by atoms with van der Waals surface area (Å²) >= 11 is 0. The van der Waals surface area contributed by atoms with Gasteiger partial charge in [0.1, 0.15) is 0 Å². The molecule has 4 heteroatoms. The van der Waals surface area contributed by atoms with Crippen molar-refractivity contribution in [2.45, 2.75) is 58.0 Å². The standard InChI is InChI=1S/C13H27N3O/c1-3-5-9-16(12(4-2)13(14)17)10-11-7-6-8-15-11/h11-12,15H,3-10H2,1-2H3,(H2,14,17). The summed E-state index contributed by atoms with van der Waals surface area (Å²) in [6, 6.07) is 0.448. The van der Waals surface area contributed by atoms with Gasteiger partial charge in [-0.3, -0.25) is 9.69 Å². The SMILES string of the molecule is CCCCN(CC1CCCN1)C(CC)C(N)=O. The van der Waals surface area contributed by atoms with Crippen LogP contribution in [0.1, 0.15) is 46.0 Å². The van der Waals surface area contributed by atoms with Gasteiger partial charge in [0.25, 0.3) is 0 Å². The molecule has 1 fully saturated rings. The van der Waals surface area contributed by atoms with Gasteiger partial charge in [-0.25, -0.2) is 0 Å². The summed E-state index contributed by atoms with van der Waals surface area (Å²) in [5.41, 5.74) is 5.49. The molecule has 0 bridgehead atoms. The van der Waals surface area contributed by atoms with Gasteiger partial charge in [-0.2, -0.15) is 0 Å². The third-order valence-electron chi connectivity index (χ3n) is 3.57. The Kier molecular flexibility index (Phi) is 6.52. The van der Waals surface area contributed by atoms with E-state index >= 15 is 0 Å². The number of unbranched alkanes of at least 4 members (excludes halogenated alkanes) is 1. The fraction of sp³-hybridized carbons (Fsp3) is 0.923. The quantitative estimate of drug-likeness (QED) is 0.669. The highest BCUT2D eigenvalue weighted by molar-refractivity contribution is 5.79. The average molecular weight is 241 g/mol. The van der Waals surface area contributed by atoms with Crippen molar-refractivity contribution in [1.29, 1.82) is 0 Å². The molecular weight excluding hydrogens is 214 g/mol. The van der Waals surface area contributed by atoms with E-state index in [0.717, 1.165) is 38.9 Å². The Balaban J connectivity index is 2.53. The second-order valence-electron chi connectivity index (χ2n) is 4.97. The predicted octanol–water partition coefficient (Wildman–Crippen LogP) is 1.10. The molecule has 0 spiro atoms. The van der Waals surface area contributed by atoms with Crippen LogP contribution in [0.4, 0.5) is 0 Å². The first-order valence-electron chi connectivity index (χ1n) is 6.95. The smallest absolute Gasteiger partial charge is 0.234 e. The van der Waals surface area contributed by atoms with E-state index in [-0.39, 0.29) is 11.9 Å². The maximum absolute atomic E-state index is 11.5. The molecule has 2 atom stereocenters. The number of rotatable bonds is 8. The van der Waals surface area contributed by atoms with E-state index < -0.39 is 0 Å². The van der Waals surface area contributed by atoms with E-state index in [1.165, 1.54) is 12.8 Å². The molecule has 3 N–H and O–H groups in total. The van der Waals surface area contributed by atoms with Crippen LogP contribution in [0.5, 0.6) is 0 Å². The number of nitrogens with one attached hydrogen (secondary N) is 1. The molecule has 0 aliphatic carbocycles. The maximum Gasteiger partial charge on any atom is 0.234 e. The van der Waals surface area contributed by atoms with E-state index in [2.05, 4.69) is 17.1 Å². The van der Waals surface area contributed by atoms with Gasteiger partial charge < -0.3 is 11.1 Å². The first-order chi connectivity index (χ1) is 8.19. The highest BCUT2D eigenvalue weighted by atomic mass is 16.1. The van der Waals surface area contributed by atoms with Crippen LogP contribution in [-0.4, -0.2) is 42.5 Å². The Bertz CT molecular complexity index is 227. The minimum Gasteiger partial charge on any atom is -0.368 e. The van der Waals surface area contributed by atoms with Crippen molar-refractivity contribution in [1.82, 2.24) is 10.2 Å². The molecule has 0 radical (unpaired) electrons. The van der Waals surface area contributed by atoms with Crippen LogP contribution in [-0.2, 0) is 4.79 Å². The fourth-order valence-electron chi connectivity index (χ4n) is 2.57. The number of amides is 1. The topological polar surface area (TPSA) is 58.4 Å². The lowest BCUT2D eigenvalue weighted by molar-refractivity contribution is -0.123. The number of carbonyl (C=O) groups is 1. The monoisotopic (exact) mass is 241 g/mol. The molecule has 2 unspecified atom stereocenters. The molecular formula is C13H27N3O. The molecule has 0 aromatic heterocycles. The summed E-state index contributed by atoms with van der Waals surface area (Å²) in [5, 5.41) is 3.49. The van der Waals surface area contributed by atoms with Gasteiger partial charge in [-0.05, 0) is 38.8 Å². The second kappa shape index (κ2) is 7.67. The van der Waals surface area contributed by atoms with Gasteiger partial charge in [0.05, 0.1) is 6.04 Å². The van der Waals surface area contributed by atoms with E-state index in [1.807, 2.05) is 6.92 Å². The van der Waals surface area contributed by atoms with Crippen molar-refractivity contribution in [2.24, 2.45) is 5.73 Å². The Labute approximate surface area is 105 Å². The summed E-state index contributed by atoms with van der Waals surface area (Å²) in [6.45, 7) is 7.27. The largest absolute Gasteiger partial charge is 0.368 e. The number of nitrogens with two attached hydrogens (primary N) is 1. The van der Waals surface area contributed by atoms with Crippen molar-refractivity contribution >= 4 is 5.91 Å². The van der Waals surface area contributed by atoms with Crippen molar-refractivity contribution in [3.05, 3.63) is 0 Å². The molecule has 1 rings (SSSR count). The van der Waals surface area contributed by atoms with Crippen LogP contribution >= 0.6 is 0 Å². The number of carbonyl (C=O) groups excluding carboxylic acids is 1. The summed E-state index contributed by atoms with van der Waals surface area (Å²) in [6.07, 6.45) is 5.57. The Morgan fingerprint density at radius 3 is 2.76 bits per heavy atom. The van der Waals surface area contributed by atoms with Gasteiger partial charge in [0.2, 0.25) is 5.91 Å². The normalized spacial score (nSPS) is 21.9. The third kappa shape index (κ3) is 4.64. The first kappa shape index (κ1) is 14.5. The number of hydrogen-bond acceptors (Lipinski definition) is 3. The second-order valence-corrected chi connectivity index (χ2v) is 4.97. The van der Waals surface area contributed by atoms with E-state index in [1.54, 1.807) is 0 Å². The molecule has 100 valence electrons. The molecule has 1 saturated heterocycles. The van der Waals surface area contributed by atoms with Crippen molar-refractivity contribution < 1.29 is 4.79 Å². The lowest BCUT2D eigenvalue weighted by Crippen LogP contribution is -2.49. The maximum atomic E-state index is 11.5. The van der Waals surface area contributed by atoms with Gasteiger partial charge in [0.15, 0.2) is 0 Å². The minimum atomic E-state index is -0.179. The van der Waals surface area contributed by atoms with Gasteiger partial charge in [-0.15, -0.1) is 0 Å². The van der Waals surface area contributed by atoms with Crippen LogP contribution in [0, 0.1) is 0 Å². The lowest BCUT2D eigenvalue weighted by atomic mass is 10.1. The van der Waals surface area contributed by atoms with Crippen LogP contribution in [0.15, 0.2) is 0 Å². The average Bonchev–Trinajstić information content (AvgIpc) is 2.78. The zero-order chi connectivity index (χ0) is 12.7. The number of hydrogen-bond donors (Lipinski definition) is 2. The van der Waals surface area contributed by atoms with Gasteiger partial charge in [-0.1, -0.05) is 20.3 Å². The van der Waals surface area contributed by atoms with E-state index in [0.29, 0.717) is 6.04 Å². The molecule has 0 saturated carbocycles. The summed E-state index contributed by atoms with van der Waals surface area (Å²) in [4.78, 5) is 13.7. The van der Waals surface area contributed by atoms with Gasteiger partial charge in [0, 0.05) is 12.6 Å². The minimum absolute atomic E-state index is 0.0936. The summed E-state index contributed by atoms with van der Waals surface area (Å²) < 4.78 is 0. The molecule has 1 heterocycles. The fourth-order valence-corrected chi connectivity index (χ4v) is 2.57. The third-order valence-corrected chi connectivity index (χ3v) is 3.57.